The molecule has 0 aromatic heterocycles. The van der Waals surface area contributed by atoms with Gasteiger partial charge in [-0.2, -0.15) is 57.1 Å². The molecular formula is C8H4F13. The molecule has 0 spiro atoms. The highest BCUT2D eigenvalue weighted by atomic mass is 19.4. The van der Waals surface area contributed by atoms with Crippen LogP contribution in [0.4, 0.5) is 57.1 Å². The number of rotatable bonds is 3. The van der Waals surface area contributed by atoms with Crippen LogP contribution < -0.4 is 0 Å². The summed E-state index contributed by atoms with van der Waals surface area (Å²) in [6.45, 7) is 1.83. The topological polar surface area (TPSA) is 0 Å². The van der Waals surface area contributed by atoms with Crippen LogP contribution in [0.5, 0.6) is 0 Å². The van der Waals surface area contributed by atoms with Gasteiger partial charge in [0.2, 0.25) is 5.41 Å². The fraction of sp³-hybridized carbons (Fsp3) is 0.875. The highest BCUT2D eigenvalue weighted by Crippen LogP contribution is 2.66. The van der Waals surface area contributed by atoms with Gasteiger partial charge in [-0.25, -0.2) is 0 Å². The van der Waals surface area contributed by atoms with E-state index < -0.39 is 42.2 Å². The van der Waals surface area contributed by atoms with Gasteiger partial charge in [0.1, 0.15) is 0 Å². The summed E-state index contributed by atoms with van der Waals surface area (Å²) in [5, 5.41) is 0. The molecule has 0 aliphatic heterocycles. The average Bonchev–Trinajstić information content (AvgIpc) is 2.11. The van der Waals surface area contributed by atoms with Gasteiger partial charge < -0.3 is 0 Å². The summed E-state index contributed by atoms with van der Waals surface area (Å²) >= 11 is 0. The van der Waals surface area contributed by atoms with Crippen LogP contribution in [-0.4, -0.2) is 30.4 Å². The summed E-state index contributed by atoms with van der Waals surface area (Å²) in [4.78, 5) is 0. The van der Waals surface area contributed by atoms with E-state index in [4.69, 9.17) is 0 Å². The maximum atomic E-state index is 13.1. The predicted octanol–water partition coefficient (Wildman–Crippen LogP) is 5.15. The van der Waals surface area contributed by atoms with Gasteiger partial charge in [0.25, 0.3) is 0 Å². The van der Waals surface area contributed by atoms with Crippen LogP contribution in [0.2, 0.25) is 0 Å². The van der Waals surface area contributed by atoms with Crippen LogP contribution in [0.1, 0.15) is 6.42 Å². The second kappa shape index (κ2) is 4.80. The zero-order valence-corrected chi connectivity index (χ0v) is 9.33. The molecule has 127 valence electrons. The summed E-state index contributed by atoms with van der Waals surface area (Å²) in [6.07, 6.45) is -24.7. The van der Waals surface area contributed by atoms with Crippen molar-refractivity contribution in [3.05, 3.63) is 6.92 Å². The molecule has 0 unspecified atom stereocenters. The van der Waals surface area contributed by atoms with Gasteiger partial charge in [-0.3, -0.25) is 0 Å². The Kier molecular flexibility index (Phi) is 4.59. The largest absolute Gasteiger partial charge is 0.459 e. The van der Waals surface area contributed by atoms with E-state index >= 15 is 0 Å². The van der Waals surface area contributed by atoms with Crippen molar-refractivity contribution in [2.75, 3.05) is 0 Å². The lowest BCUT2D eigenvalue weighted by Crippen LogP contribution is -2.70. The predicted molar refractivity (Wildman–Crippen MR) is 40.5 cm³/mol. The minimum absolute atomic E-state index is 1.83. The average molecular weight is 347 g/mol. The quantitative estimate of drug-likeness (QED) is 0.619. The number of hydrogen-bond donors (Lipinski definition) is 0. The van der Waals surface area contributed by atoms with Crippen molar-refractivity contribution < 1.29 is 57.1 Å². The normalized spacial score (nSPS) is 16.3. The van der Waals surface area contributed by atoms with Gasteiger partial charge >= 0.3 is 30.4 Å². The van der Waals surface area contributed by atoms with E-state index in [9.17, 15) is 57.1 Å². The lowest BCUT2D eigenvalue weighted by Gasteiger charge is -2.44. The first-order chi connectivity index (χ1) is 8.81. The Labute approximate surface area is 107 Å². The van der Waals surface area contributed by atoms with Crippen LogP contribution in [0, 0.1) is 12.3 Å². The van der Waals surface area contributed by atoms with Crippen LogP contribution in [-0.2, 0) is 0 Å². The lowest BCUT2D eigenvalue weighted by molar-refractivity contribution is -0.459. The minimum atomic E-state index is -7.58. The monoisotopic (exact) mass is 347 g/mol. The summed E-state index contributed by atoms with van der Waals surface area (Å²) < 4.78 is 161. The van der Waals surface area contributed by atoms with E-state index in [0.29, 0.717) is 0 Å². The first kappa shape index (κ1) is 20.1. The summed E-state index contributed by atoms with van der Waals surface area (Å²) in [7, 11) is 0. The molecule has 0 atom stereocenters. The molecule has 0 saturated carbocycles. The Morgan fingerprint density at radius 1 is 0.476 bits per heavy atom. The van der Waals surface area contributed by atoms with Crippen LogP contribution >= 0.6 is 0 Å². The molecule has 13 heteroatoms. The van der Waals surface area contributed by atoms with E-state index in [1.165, 1.54) is 0 Å². The fourth-order valence-electron chi connectivity index (χ4n) is 1.40. The molecule has 0 N–H and O–H groups in total. The van der Waals surface area contributed by atoms with Gasteiger partial charge in [-0.1, -0.05) is 6.92 Å². The third-order valence-electron chi connectivity index (χ3n) is 2.63. The first-order valence-electron chi connectivity index (χ1n) is 4.56. The Bertz CT molecular complexity index is 353. The standard InChI is InChI=1S/C8H4F13/c1-2-3(6(13,14)15,7(16,17)18)4(9,10)5(11,12)8(19,20)21/h1-2H2. The molecule has 0 amide bonds. The summed E-state index contributed by atoms with van der Waals surface area (Å²) in [6, 6.07) is 0. The van der Waals surface area contributed by atoms with Crippen molar-refractivity contribution in [3.63, 3.8) is 0 Å². The molecule has 0 aromatic carbocycles. The van der Waals surface area contributed by atoms with E-state index in [1.54, 1.807) is 0 Å². The number of halogens is 13. The van der Waals surface area contributed by atoms with E-state index in [-0.39, 0.29) is 0 Å². The number of alkyl halides is 13. The molecular weight excluding hydrogens is 343 g/mol. The molecule has 0 aromatic rings. The molecule has 21 heavy (non-hydrogen) atoms. The smallest absolute Gasteiger partial charge is 0.198 e. The highest BCUT2D eigenvalue weighted by molar-refractivity contribution is 5.11. The molecule has 0 heterocycles. The molecule has 0 rings (SSSR count). The molecule has 1 radical (unpaired) electrons. The van der Waals surface area contributed by atoms with Gasteiger partial charge in [0, 0.05) is 0 Å². The van der Waals surface area contributed by atoms with Crippen molar-refractivity contribution in [2.45, 2.75) is 36.8 Å². The highest BCUT2D eigenvalue weighted by Gasteiger charge is 2.91. The second-order valence-electron chi connectivity index (χ2n) is 3.80. The molecule has 0 bridgehead atoms. The third kappa shape index (κ3) is 2.51. The fourth-order valence-corrected chi connectivity index (χ4v) is 1.40. The summed E-state index contributed by atoms with van der Waals surface area (Å²) in [5.41, 5.74) is -6.66. The molecule has 0 aliphatic carbocycles. The number of hydrogen-bond acceptors (Lipinski definition) is 0. The van der Waals surface area contributed by atoms with Crippen LogP contribution in [0.3, 0.4) is 0 Å². The first-order valence-corrected chi connectivity index (χ1v) is 4.56. The Morgan fingerprint density at radius 2 is 0.762 bits per heavy atom. The van der Waals surface area contributed by atoms with Crippen LogP contribution in [0.15, 0.2) is 0 Å². The maximum Gasteiger partial charge on any atom is 0.459 e. The summed E-state index contributed by atoms with van der Waals surface area (Å²) in [5.74, 6) is -15.1. The van der Waals surface area contributed by atoms with Crippen molar-refractivity contribution in [3.8, 4) is 0 Å². The van der Waals surface area contributed by atoms with Crippen molar-refractivity contribution in [1.82, 2.24) is 0 Å². The lowest BCUT2D eigenvalue weighted by atomic mass is 9.74. The Balaban J connectivity index is 6.60. The van der Waals surface area contributed by atoms with Crippen molar-refractivity contribution in [2.24, 2.45) is 5.41 Å². The van der Waals surface area contributed by atoms with Crippen LogP contribution in [0.25, 0.3) is 0 Å². The molecule has 0 nitrogen and oxygen atoms in total. The van der Waals surface area contributed by atoms with E-state index in [2.05, 4.69) is 0 Å². The Hall–Kier alpha value is -0.910. The zero-order chi connectivity index (χ0) is 17.7. The van der Waals surface area contributed by atoms with E-state index in [0.717, 1.165) is 0 Å². The SMILES string of the molecule is [CH2]CC(C(F)(F)F)(C(F)(F)F)C(F)(F)C(F)(F)C(F)(F)F. The molecule has 0 saturated heterocycles. The second-order valence-corrected chi connectivity index (χ2v) is 3.80. The van der Waals surface area contributed by atoms with Gasteiger partial charge in [0.15, 0.2) is 0 Å². The van der Waals surface area contributed by atoms with E-state index in [1.807, 2.05) is 6.92 Å². The molecule has 0 aliphatic rings. The molecule has 0 fully saturated rings. The minimum Gasteiger partial charge on any atom is -0.198 e. The maximum absolute atomic E-state index is 13.1. The van der Waals surface area contributed by atoms with Crippen molar-refractivity contribution >= 4 is 0 Å². The third-order valence-corrected chi connectivity index (χ3v) is 2.63. The van der Waals surface area contributed by atoms with Gasteiger partial charge in [-0.15, -0.1) is 0 Å². The van der Waals surface area contributed by atoms with Crippen molar-refractivity contribution in [1.29, 1.82) is 0 Å². The zero-order valence-electron chi connectivity index (χ0n) is 9.33. The van der Waals surface area contributed by atoms with Gasteiger partial charge in [0.05, 0.1) is 0 Å². The van der Waals surface area contributed by atoms with Gasteiger partial charge in [-0.05, 0) is 6.42 Å². The Morgan fingerprint density at radius 3 is 0.905 bits per heavy atom.